The highest BCUT2D eigenvalue weighted by atomic mass is 32.1. The second-order valence-corrected chi connectivity index (χ2v) is 5.89. The lowest BCUT2D eigenvalue weighted by molar-refractivity contribution is -0.138. The molecule has 0 aliphatic heterocycles. The third kappa shape index (κ3) is 1.52. The fourth-order valence-corrected chi connectivity index (χ4v) is 4.03. The van der Waals surface area contributed by atoms with Crippen LogP contribution >= 0.6 is 11.3 Å². The Morgan fingerprint density at radius 1 is 1.59 bits per heavy atom. The van der Waals surface area contributed by atoms with Crippen LogP contribution in [0.25, 0.3) is 0 Å². The van der Waals surface area contributed by atoms with Gasteiger partial charge in [0.15, 0.2) is 0 Å². The topological polar surface area (TPSA) is 59.4 Å². The number of fused-ring (bicyclic) bond motifs is 1. The largest absolute Gasteiger partial charge is 0.481 e. The van der Waals surface area contributed by atoms with Gasteiger partial charge in [-0.3, -0.25) is 4.79 Å². The predicted octanol–water partition coefficient (Wildman–Crippen LogP) is 2.28. The number of hydrogen-bond donors (Lipinski definition) is 1. The Balaban J connectivity index is 1.95. The number of aliphatic carboxylic acids is 1. The van der Waals surface area contributed by atoms with Crippen molar-refractivity contribution in [2.24, 2.45) is 0 Å². The number of aromatic nitrogens is 1. The van der Waals surface area contributed by atoms with Gasteiger partial charge in [0, 0.05) is 12.0 Å². The zero-order valence-electron chi connectivity index (χ0n) is 9.73. The van der Waals surface area contributed by atoms with E-state index in [-0.39, 0.29) is 5.60 Å². The number of carbonyl (C=O) groups is 1. The molecule has 1 fully saturated rings. The van der Waals surface area contributed by atoms with Crippen molar-refractivity contribution in [1.29, 1.82) is 0 Å². The van der Waals surface area contributed by atoms with Crippen molar-refractivity contribution in [3.63, 3.8) is 0 Å². The lowest BCUT2D eigenvalue weighted by Gasteiger charge is -2.38. The SMILES string of the molecule is COC1(c2nc3c(s2)CCC3C(=O)O)CCC1. The molecule has 2 aliphatic carbocycles. The van der Waals surface area contributed by atoms with Gasteiger partial charge in [0.25, 0.3) is 0 Å². The maximum absolute atomic E-state index is 11.1. The van der Waals surface area contributed by atoms with E-state index >= 15 is 0 Å². The van der Waals surface area contributed by atoms with Crippen molar-refractivity contribution in [1.82, 2.24) is 4.98 Å². The number of ether oxygens (including phenoxy) is 1. The van der Waals surface area contributed by atoms with Crippen molar-refractivity contribution < 1.29 is 14.6 Å². The van der Waals surface area contributed by atoms with Gasteiger partial charge in [0.05, 0.1) is 5.69 Å². The minimum atomic E-state index is -0.749. The molecule has 1 aromatic heterocycles. The van der Waals surface area contributed by atoms with Crippen molar-refractivity contribution in [2.45, 2.75) is 43.6 Å². The van der Waals surface area contributed by atoms with Gasteiger partial charge in [-0.05, 0) is 32.1 Å². The fourth-order valence-electron chi connectivity index (χ4n) is 2.67. The summed E-state index contributed by atoms with van der Waals surface area (Å²) in [6.45, 7) is 0. The fraction of sp³-hybridized carbons (Fsp3) is 0.667. The molecule has 2 aliphatic rings. The Morgan fingerprint density at radius 3 is 2.88 bits per heavy atom. The number of methoxy groups -OCH3 is 1. The summed E-state index contributed by atoms with van der Waals surface area (Å²) >= 11 is 1.65. The van der Waals surface area contributed by atoms with Crippen LogP contribution in [0, 0.1) is 0 Å². The molecule has 1 unspecified atom stereocenters. The highest BCUT2D eigenvalue weighted by Crippen LogP contribution is 2.48. The van der Waals surface area contributed by atoms with E-state index in [1.165, 1.54) is 6.42 Å². The Morgan fingerprint density at radius 2 is 2.35 bits per heavy atom. The van der Waals surface area contributed by atoms with Crippen molar-refractivity contribution in [3.05, 3.63) is 15.6 Å². The summed E-state index contributed by atoms with van der Waals surface area (Å²) in [5.74, 6) is -1.15. The summed E-state index contributed by atoms with van der Waals surface area (Å²) in [6.07, 6.45) is 4.73. The average Bonchev–Trinajstić information content (AvgIpc) is 2.75. The zero-order chi connectivity index (χ0) is 12.0. The van der Waals surface area contributed by atoms with Crippen LogP contribution in [-0.2, 0) is 21.6 Å². The third-order valence-electron chi connectivity index (χ3n) is 3.96. The Kier molecular flexibility index (Phi) is 2.48. The van der Waals surface area contributed by atoms with Crippen LogP contribution in [0.4, 0.5) is 0 Å². The molecule has 1 aromatic rings. The van der Waals surface area contributed by atoms with Crippen LogP contribution in [0.1, 0.15) is 47.2 Å². The average molecular weight is 253 g/mol. The van der Waals surface area contributed by atoms with Crippen LogP contribution in [0.2, 0.25) is 0 Å². The van der Waals surface area contributed by atoms with E-state index in [2.05, 4.69) is 4.98 Å². The van der Waals surface area contributed by atoms with Crippen LogP contribution in [0.15, 0.2) is 0 Å². The van der Waals surface area contributed by atoms with E-state index in [9.17, 15) is 4.79 Å². The molecule has 0 amide bonds. The predicted molar refractivity (Wildman–Crippen MR) is 63.3 cm³/mol. The molecule has 1 heterocycles. The summed E-state index contributed by atoms with van der Waals surface area (Å²) < 4.78 is 5.59. The van der Waals surface area contributed by atoms with Crippen molar-refractivity contribution >= 4 is 17.3 Å². The number of carboxylic acid groups (broad SMARTS) is 1. The number of aryl methyl sites for hydroxylation is 1. The monoisotopic (exact) mass is 253 g/mol. The Hall–Kier alpha value is -0.940. The lowest BCUT2D eigenvalue weighted by Crippen LogP contribution is -2.36. The smallest absolute Gasteiger partial charge is 0.312 e. The number of rotatable bonds is 3. The number of nitrogens with zero attached hydrogens (tertiary/aromatic N) is 1. The van der Waals surface area contributed by atoms with E-state index in [1.54, 1.807) is 18.4 Å². The molecule has 0 saturated heterocycles. The summed E-state index contributed by atoms with van der Waals surface area (Å²) in [4.78, 5) is 16.8. The van der Waals surface area contributed by atoms with Gasteiger partial charge in [0.2, 0.25) is 0 Å². The number of carboxylic acids is 1. The van der Waals surface area contributed by atoms with Crippen LogP contribution in [0.3, 0.4) is 0 Å². The molecule has 17 heavy (non-hydrogen) atoms. The van der Waals surface area contributed by atoms with E-state index < -0.39 is 11.9 Å². The van der Waals surface area contributed by atoms with Crippen LogP contribution in [-0.4, -0.2) is 23.2 Å². The molecule has 3 rings (SSSR count). The molecule has 4 nitrogen and oxygen atoms in total. The van der Waals surface area contributed by atoms with Crippen LogP contribution < -0.4 is 0 Å². The first kappa shape index (κ1) is 11.2. The molecule has 5 heteroatoms. The van der Waals surface area contributed by atoms with Crippen LogP contribution in [0.5, 0.6) is 0 Å². The quantitative estimate of drug-likeness (QED) is 0.897. The van der Waals surface area contributed by atoms with Gasteiger partial charge in [-0.1, -0.05) is 0 Å². The Bertz CT molecular complexity index is 459. The first-order valence-electron chi connectivity index (χ1n) is 5.94. The van der Waals surface area contributed by atoms with E-state index in [4.69, 9.17) is 9.84 Å². The number of hydrogen-bond acceptors (Lipinski definition) is 4. The van der Waals surface area contributed by atoms with Gasteiger partial charge in [-0.25, -0.2) is 4.98 Å². The van der Waals surface area contributed by atoms with Gasteiger partial charge in [-0.2, -0.15) is 0 Å². The van der Waals surface area contributed by atoms with Crippen molar-refractivity contribution in [2.75, 3.05) is 7.11 Å². The zero-order valence-corrected chi connectivity index (χ0v) is 10.5. The lowest BCUT2D eigenvalue weighted by atomic mass is 9.80. The van der Waals surface area contributed by atoms with Gasteiger partial charge < -0.3 is 9.84 Å². The molecule has 0 radical (unpaired) electrons. The molecule has 0 bridgehead atoms. The van der Waals surface area contributed by atoms with E-state index in [1.807, 2.05) is 0 Å². The minimum Gasteiger partial charge on any atom is -0.481 e. The number of thiazole rings is 1. The normalized spacial score (nSPS) is 25.4. The Labute approximate surface area is 104 Å². The van der Waals surface area contributed by atoms with Crippen molar-refractivity contribution in [3.8, 4) is 0 Å². The summed E-state index contributed by atoms with van der Waals surface area (Å²) in [7, 11) is 1.72. The molecule has 0 spiro atoms. The molecule has 1 atom stereocenters. The molecule has 1 N–H and O–H groups in total. The molecular formula is C12H15NO3S. The second kappa shape index (κ2) is 3.78. The highest BCUT2D eigenvalue weighted by Gasteiger charge is 2.44. The van der Waals surface area contributed by atoms with E-state index in [0.29, 0.717) is 6.42 Å². The molecule has 92 valence electrons. The molecule has 1 saturated carbocycles. The maximum Gasteiger partial charge on any atom is 0.312 e. The summed E-state index contributed by atoms with van der Waals surface area (Å²) in [5, 5.41) is 10.1. The first-order valence-corrected chi connectivity index (χ1v) is 6.76. The van der Waals surface area contributed by atoms with Gasteiger partial charge >= 0.3 is 5.97 Å². The molecule has 0 aromatic carbocycles. The van der Waals surface area contributed by atoms with Gasteiger partial charge in [0.1, 0.15) is 16.5 Å². The first-order chi connectivity index (χ1) is 8.16. The summed E-state index contributed by atoms with van der Waals surface area (Å²) in [6, 6.07) is 0. The molecular weight excluding hydrogens is 238 g/mol. The summed E-state index contributed by atoms with van der Waals surface area (Å²) in [5.41, 5.74) is 0.582. The minimum absolute atomic E-state index is 0.210. The maximum atomic E-state index is 11.1. The van der Waals surface area contributed by atoms with E-state index in [0.717, 1.165) is 34.8 Å². The highest BCUT2D eigenvalue weighted by molar-refractivity contribution is 7.12. The van der Waals surface area contributed by atoms with Gasteiger partial charge in [-0.15, -0.1) is 11.3 Å². The second-order valence-electron chi connectivity index (χ2n) is 4.81. The standard InChI is InChI=1S/C12H15NO3S/c1-16-12(5-2-6-12)11-13-9-7(10(14)15)3-4-8(9)17-11/h7H,2-6H2,1H3,(H,14,15). The third-order valence-corrected chi connectivity index (χ3v) is 5.27.